The molecule has 0 bridgehead atoms. The highest BCUT2D eigenvalue weighted by Crippen LogP contribution is 2.28. The molecule has 1 heterocycles. The Morgan fingerprint density at radius 2 is 2.08 bits per heavy atom. The van der Waals surface area contributed by atoms with Gasteiger partial charge in [0.1, 0.15) is 5.75 Å². The third-order valence-electron chi connectivity index (χ3n) is 4.09. The monoisotopic (exact) mass is 338 g/mol. The van der Waals surface area contributed by atoms with Gasteiger partial charge in [0.25, 0.3) is 0 Å². The fourth-order valence-electron chi connectivity index (χ4n) is 2.84. The smallest absolute Gasteiger partial charge is 0.227 e. The Kier molecular flexibility index (Phi) is 5.33. The number of aryl methyl sites for hydroxylation is 1. The predicted octanol–water partition coefficient (Wildman–Crippen LogP) is 2.62. The molecule has 0 radical (unpaired) electrons. The summed E-state index contributed by atoms with van der Waals surface area (Å²) in [5.74, 6) is 0.664. The lowest BCUT2D eigenvalue weighted by atomic mass is 10.1. The van der Waals surface area contributed by atoms with Crippen LogP contribution in [-0.4, -0.2) is 25.0 Å². The number of nitrogens with one attached hydrogen (secondary N) is 2. The van der Waals surface area contributed by atoms with Gasteiger partial charge in [0.2, 0.25) is 11.8 Å². The Bertz CT molecular complexity index is 786. The molecule has 0 saturated heterocycles. The molecular formula is C20H22N2O3. The number of hydrogen-bond donors (Lipinski definition) is 2. The topological polar surface area (TPSA) is 67.4 Å². The van der Waals surface area contributed by atoms with E-state index in [1.54, 1.807) is 0 Å². The van der Waals surface area contributed by atoms with Crippen LogP contribution in [0.4, 0.5) is 5.69 Å². The Balaban J connectivity index is 1.52. The largest absolute Gasteiger partial charge is 0.491 e. The minimum absolute atomic E-state index is 0.0111. The van der Waals surface area contributed by atoms with E-state index in [1.807, 2.05) is 49.4 Å². The highest BCUT2D eigenvalue weighted by Gasteiger charge is 2.14. The fraction of sp³-hybridized carbons (Fsp3) is 0.300. The molecule has 0 saturated carbocycles. The van der Waals surface area contributed by atoms with Crippen LogP contribution in [0, 0.1) is 6.92 Å². The van der Waals surface area contributed by atoms with E-state index in [4.69, 9.17) is 4.74 Å². The molecule has 0 unspecified atom stereocenters. The minimum atomic E-state index is -0.0395. The second-order valence-corrected chi connectivity index (χ2v) is 6.24. The van der Waals surface area contributed by atoms with Gasteiger partial charge in [0.05, 0.1) is 25.1 Å². The molecule has 5 nitrogen and oxygen atoms in total. The molecule has 0 atom stereocenters. The van der Waals surface area contributed by atoms with Gasteiger partial charge < -0.3 is 15.4 Å². The number of hydrogen-bond acceptors (Lipinski definition) is 3. The number of amides is 2. The number of carbonyl (C=O) groups is 2. The molecule has 130 valence electrons. The number of ether oxygens (including phenoxy) is 1. The molecule has 0 fully saturated rings. The van der Waals surface area contributed by atoms with Crippen molar-refractivity contribution in [2.24, 2.45) is 0 Å². The number of carbonyl (C=O) groups excluding carboxylic acids is 2. The molecule has 2 amide bonds. The zero-order valence-corrected chi connectivity index (χ0v) is 14.3. The maximum Gasteiger partial charge on any atom is 0.227 e. The van der Waals surface area contributed by atoms with Gasteiger partial charge in [-0.15, -0.1) is 0 Å². The maximum absolute atomic E-state index is 12.0. The second kappa shape index (κ2) is 7.83. The van der Waals surface area contributed by atoms with E-state index >= 15 is 0 Å². The zero-order chi connectivity index (χ0) is 17.6. The van der Waals surface area contributed by atoms with Crippen molar-refractivity contribution in [2.45, 2.75) is 26.2 Å². The molecule has 0 aromatic heterocycles. The van der Waals surface area contributed by atoms with Gasteiger partial charge in [-0.2, -0.15) is 0 Å². The van der Waals surface area contributed by atoms with Gasteiger partial charge in [0, 0.05) is 6.54 Å². The Labute approximate surface area is 147 Å². The lowest BCUT2D eigenvalue weighted by molar-refractivity contribution is -0.120. The first-order valence-electron chi connectivity index (χ1n) is 8.48. The van der Waals surface area contributed by atoms with E-state index in [1.165, 1.54) is 0 Å². The van der Waals surface area contributed by atoms with Crippen LogP contribution in [0.5, 0.6) is 5.75 Å². The highest BCUT2D eigenvalue weighted by atomic mass is 16.5. The van der Waals surface area contributed by atoms with Crippen molar-refractivity contribution in [3.8, 4) is 5.75 Å². The van der Waals surface area contributed by atoms with Crippen LogP contribution < -0.4 is 15.4 Å². The number of anilines is 1. The summed E-state index contributed by atoms with van der Waals surface area (Å²) in [7, 11) is 0. The summed E-state index contributed by atoms with van der Waals surface area (Å²) in [5, 5.41) is 5.79. The molecule has 3 rings (SSSR count). The van der Waals surface area contributed by atoms with Crippen LogP contribution in [0.2, 0.25) is 0 Å². The van der Waals surface area contributed by atoms with E-state index in [0.717, 1.165) is 16.7 Å². The van der Waals surface area contributed by atoms with E-state index < -0.39 is 0 Å². The first-order chi connectivity index (χ1) is 12.1. The minimum Gasteiger partial charge on any atom is -0.491 e. The van der Waals surface area contributed by atoms with Crippen molar-refractivity contribution < 1.29 is 14.3 Å². The maximum atomic E-state index is 12.0. The third kappa shape index (κ3) is 4.83. The molecule has 0 spiro atoms. The average molecular weight is 338 g/mol. The predicted molar refractivity (Wildman–Crippen MR) is 96.8 cm³/mol. The average Bonchev–Trinajstić information content (AvgIpc) is 2.75. The SMILES string of the molecule is Cc1cccc(CC(=O)NCCc2ccc3c(c2)NC(=O)CCO3)c1. The van der Waals surface area contributed by atoms with Crippen molar-refractivity contribution >= 4 is 17.5 Å². The molecule has 25 heavy (non-hydrogen) atoms. The Hall–Kier alpha value is -2.82. The molecule has 2 aromatic carbocycles. The third-order valence-corrected chi connectivity index (χ3v) is 4.09. The van der Waals surface area contributed by atoms with Crippen LogP contribution in [0.15, 0.2) is 42.5 Å². The molecule has 5 heteroatoms. The summed E-state index contributed by atoms with van der Waals surface area (Å²) in [4.78, 5) is 23.7. The van der Waals surface area contributed by atoms with Crippen LogP contribution in [0.25, 0.3) is 0 Å². The quantitative estimate of drug-likeness (QED) is 0.881. The Morgan fingerprint density at radius 3 is 2.92 bits per heavy atom. The molecule has 1 aliphatic heterocycles. The van der Waals surface area contributed by atoms with Crippen LogP contribution in [0.1, 0.15) is 23.1 Å². The van der Waals surface area contributed by atoms with Gasteiger partial charge in [-0.1, -0.05) is 35.9 Å². The number of rotatable bonds is 5. The van der Waals surface area contributed by atoms with Gasteiger partial charge in [-0.3, -0.25) is 9.59 Å². The van der Waals surface area contributed by atoms with E-state index in [-0.39, 0.29) is 11.8 Å². The number of benzene rings is 2. The lowest BCUT2D eigenvalue weighted by Crippen LogP contribution is -2.27. The highest BCUT2D eigenvalue weighted by molar-refractivity contribution is 5.93. The molecule has 2 N–H and O–H groups in total. The molecule has 2 aromatic rings. The van der Waals surface area contributed by atoms with Crippen molar-refractivity contribution in [1.29, 1.82) is 0 Å². The second-order valence-electron chi connectivity index (χ2n) is 6.24. The van der Waals surface area contributed by atoms with Crippen LogP contribution in [-0.2, 0) is 22.4 Å². The summed E-state index contributed by atoms with van der Waals surface area (Å²) in [5.41, 5.74) is 3.91. The fourth-order valence-corrected chi connectivity index (χ4v) is 2.84. The zero-order valence-electron chi connectivity index (χ0n) is 14.3. The normalized spacial score (nSPS) is 13.2. The summed E-state index contributed by atoms with van der Waals surface area (Å²) in [6.45, 7) is 2.97. The van der Waals surface area contributed by atoms with Crippen molar-refractivity contribution in [3.05, 3.63) is 59.2 Å². The summed E-state index contributed by atoms with van der Waals surface area (Å²) in [6.07, 6.45) is 1.44. The number of fused-ring (bicyclic) bond motifs is 1. The van der Waals surface area contributed by atoms with Crippen molar-refractivity contribution in [1.82, 2.24) is 5.32 Å². The first kappa shape index (κ1) is 17.0. The van der Waals surface area contributed by atoms with Crippen molar-refractivity contribution in [3.63, 3.8) is 0 Å². The summed E-state index contributed by atoms with van der Waals surface area (Å²) >= 11 is 0. The van der Waals surface area contributed by atoms with E-state index in [9.17, 15) is 9.59 Å². The van der Waals surface area contributed by atoms with Crippen molar-refractivity contribution in [2.75, 3.05) is 18.5 Å². The van der Waals surface area contributed by atoms with Gasteiger partial charge in [-0.25, -0.2) is 0 Å². The van der Waals surface area contributed by atoms with Crippen LogP contribution in [0.3, 0.4) is 0 Å². The molecule has 0 aliphatic carbocycles. The standard InChI is InChI=1S/C20H22N2O3/c1-14-3-2-4-16(11-14)13-20(24)21-9-7-15-5-6-18-17(12-15)22-19(23)8-10-25-18/h2-6,11-12H,7-10,13H2,1H3,(H,21,24)(H,22,23). The van der Waals surface area contributed by atoms with Gasteiger partial charge >= 0.3 is 0 Å². The summed E-state index contributed by atoms with van der Waals surface area (Å²) < 4.78 is 5.54. The van der Waals surface area contributed by atoms with Gasteiger partial charge in [0.15, 0.2) is 0 Å². The van der Waals surface area contributed by atoms with E-state index in [2.05, 4.69) is 10.6 Å². The van der Waals surface area contributed by atoms with E-state index in [0.29, 0.717) is 43.9 Å². The first-order valence-corrected chi connectivity index (χ1v) is 8.48. The van der Waals surface area contributed by atoms with Gasteiger partial charge in [-0.05, 0) is 36.6 Å². The molecule has 1 aliphatic rings. The molecular weight excluding hydrogens is 316 g/mol. The Morgan fingerprint density at radius 1 is 1.20 bits per heavy atom. The van der Waals surface area contributed by atoms with Crippen LogP contribution >= 0.6 is 0 Å². The summed E-state index contributed by atoms with van der Waals surface area (Å²) in [6, 6.07) is 13.7. The lowest BCUT2D eigenvalue weighted by Gasteiger charge is -2.10.